The zero-order valence-electron chi connectivity index (χ0n) is 11.0. The molecule has 0 heterocycles. The lowest BCUT2D eigenvalue weighted by Crippen LogP contribution is -2.38. The molecule has 1 amide bonds. The summed E-state index contributed by atoms with van der Waals surface area (Å²) in [5.74, 6) is -1.09. The first-order chi connectivity index (χ1) is 7.58. The van der Waals surface area contributed by atoms with Gasteiger partial charge in [0.1, 0.15) is 0 Å². The Morgan fingerprint density at radius 3 is 2.00 bits per heavy atom. The van der Waals surface area contributed by atoms with Crippen molar-refractivity contribution in [1.29, 1.82) is 0 Å². The van der Waals surface area contributed by atoms with Crippen LogP contribution in [0.1, 0.15) is 40.5 Å². The molecule has 0 unspecified atom stereocenters. The summed E-state index contributed by atoms with van der Waals surface area (Å²) < 4.78 is 0. The summed E-state index contributed by atoms with van der Waals surface area (Å²) in [4.78, 5) is 22.2. The molecule has 0 aromatic rings. The van der Waals surface area contributed by atoms with E-state index in [1.54, 1.807) is 13.8 Å². The van der Waals surface area contributed by atoms with Crippen molar-refractivity contribution in [3.8, 4) is 0 Å². The van der Waals surface area contributed by atoms with Gasteiger partial charge in [-0.1, -0.05) is 27.7 Å². The second-order valence-electron chi connectivity index (χ2n) is 6.01. The van der Waals surface area contributed by atoms with Gasteiger partial charge in [0.15, 0.2) is 0 Å². The van der Waals surface area contributed by atoms with Gasteiger partial charge in [0.05, 0.1) is 6.42 Å². The van der Waals surface area contributed by atoms with Crippen molar-refractivity contribution in [1.82, 2.24) is 5.32 Å². The number of aliphatic hydroxyl groups is 1. The van der Waals surface area contributed by atoms with Gasteiger partial charge in [-0.25, -0.2) is 0 Å². The molecule has 17 heavy (non-hydrogen) atoms. The highest BCUT2D eigenvalue weighted by molar-refractivity contribution is 5.77. The number of carboxylic acids is 1. The van der Waals surface area contributed by atoms with Crippen molar-refractivity contribution in [3.05, 3.63) is 0 Å². The number of rotatable bonds is 7. The minimum atomic E-state index is -0.904. The first-order valence-electron chi connectivity index (χ1n) is 5.67. The number of hydrogen-bond donors (Lipinski definition) is 3. The lowest BCUT2D eigenvalue weighted by Gasteiger charge is -2.25. The van der Waals surface area contributed by atoms with Crippen LogP contribution in [0.5, 0.6) is 0 Å². The van der Waals surface area contributed by atoms with Crippen LogP contribution >= 0.6 is 0 Å². The Balaban J connectivity index is 4.14. The molecular weight excluding hydrogens is 222 g/mol. The molecule has 5 nitrogen and oxygen atoms in total. The zero-order chi connectivity index (χ0) is 13.7. The van der Waals surface area contributed by atoms with E-state index in [0.717, 1.165) is 0 Å². The maximum absolute atomic E-state index is 11.6. The van der Waals surface area contributed by atoms with E-state index in [0.29, 0.717) is 6.54 Å². The highest BCUT2D eigenvalue weighted by Gasteiger charge is 2.26. The first kappa shape index (κ1) is 15.9. The minimum Gasteiger partial charge on any atom is -0.481 e. The standard InChI is InChI=1S/C12H23NO4/c1-11(2,6-10(16)17)5-9(15)13-7-12(3,4)8-14/h14H,5-8H2,1-4H3,(H,13,15)(H,16,17). The van der Waals surface area contributed by atoms with Crippen LogP contribution in [0, 0.1) is 10.8 Å². The molecule has 0 radical (unpaired) electrons. The second-order valence-corrected chi connectivity index (χ2v) is 6.01. The third kappa shape index (κ3) is 7.74. The molecule has 5 heteroatoms. The van der Waals surface area contributed by atoms with Crippen LogP contribution in [-0.4, -0.2) is 35.2 Å². The van der Waals surface area contributed by atoms with Gasteiger partial charge in [-0.15, -0.1) is 0 Å². The maximum atomic E-state index is 11.6. The molecule has 0 saturated heterocycles. The predicted octanol–water partition coefficient (Wildman–Crippen LogP) is 1.01. The van der Waals surface area contributed by atoms with Crippen molar-refractivity contribution in [2.75, 3.05) is 13.2 Å². The summed E-state index contributed by atoms with van der Waals surface area (Å²) in [7, 11) is 0. The van der Waals surface area contributed by atoms with E-state index in [2.05, 4.69) is 5.32 Å². The second kappa shape index (κ2) is 6.00. The van der Waals surface area contributed by atoms with Crippen LogP contribution in [0.3, 0.4) is 0 Å². The third-order valence-corrected chi connectivity index (χ3v) is 2.46. The lowest BCUT2D eigenvalue weighted by molar-refractivity contribution is -0.139. The van der Waals surface area contributed by atoms with E-state index in [9.17, 15) is 9.59 Å². The SMILES string of the molecule is CC(C)(CO)CNC(=O)CC(C)(C)CC(=O)O. The number of aliphatic hydroxyl groups excluding tert-OH is 1. The largest absolute Gasteiger partial charge is 0.481 e. The van der Waals surface area contributed by atoms with Gasteiger partial charge >= 0.3 is 5.97 Å². The Morgan fingerprint density at radius 1 is 1.06 bits per heavy atom. The van der Waals surface area contributed by atoms with Crippen LogP contribution in [0.4, 0.5) is 0 Å². The molecule has 0 fully saturated rings. The highest BCUT2D eigenvalue weighted by atomic mass is 16.4. The number of hydrogen-bond acceptors (Lipinski definition) is 3. The van der Waals surface area contributed by atoms with E-state index in [4.69, 9.17) is 10.2 Å². The van der Waals surface area contributed by atoms with Crippen LogP contribution in [0.2, 0.25) is 0 Å². The fourth-order valence-electron chi connectivity index (χ4n) is 1.36. The number of carbonyl (C=O) groups excluding carboxylic acids is 1. The van der Waals surface area contributed by atoms with Crippen molar-refractivity contribution >= 4 is 11.9 Å². The van der Waals surface area contributed by atoms with E-state index >= 15 is 0 Å². The van der Waals surface area contributed by atoms with Crippen LogP contribution in [-0.2, 0) is 9.59 Å². The van der Waals surface area contributed by atoms with E-state index in [1.807, 2.05) is 13.8 Å². The third-order valence-electron chi connectivity index (χ3n) is 2.46. The Kier molecular flexibility index (Phi) is 5.61. The Bertz CT molecular complexity index is 284. The van der Waals surface area contributed by atoms with Crippen LogP contribution < -0.4 is 5.32 Å². The molecular formula is C12H23NO4. The van der Waals surface area contributed by atoms with Gasteiger partial charge in [-0.3, -0.25) is 9.59 Å². The van der Waals surface area contributed by atoms with Gasteiger partial charge in [0, 0.05) is 25.0 Å². The number of nitrogens with one attached hydrogen (secondary N) is 1. The summed E-state index contributed by atoms with van der Waals surface area (Å²) in [5, 5.41) is 20.4. The summed E-state index contributed by atoms with van der Waals surface area (Å²) in [5.41, 5.74) is -0.911. The Morgan fingerprint density at radius 2 is 1.59 bits per heavy atom. The van der Waals surface area contributed by atoms with Crippen molar-refractivity contribution in [2.24, 2.45) is 10.8 Å². The molecule has 3 N–H and O–H groups in total. The van der Waals surface area contributed by atoms with Gasteiger partial charge < -0.3 is 15.5 Å². The molecule has 0 aliphatic rings. The average molecular weight is 245 g/mol. The summed E-state index contributed by atoms with van der Waals surface area (Å²) >= 11 is 0. The number of amides is 1. The van der Waals surface area contributed by atoms with E-state index < -0.39 is 11.4 Å². The molecule has 0 aliphatic carbocycles. The number of aliphatic carboxylic acids is 1. The molecule has 100 valence electrons. The molecule has 0 aromatic carbocycles. The van der Waals surface area contributed by atoms with Crippen molar-refractivity contribution in [3.63, 3.8) is 0 Å². The molecule has 0 saturated carbocycles. The highest BCUT2D eigenvalue weighted by Crippen LogP contribution is 2.24. The molecule has 0 aromatic heterocycles. The average Bonchev–Trinajstić information content (AvgIpc) is 2.12. The summed E-state index contributed by atoms with van der Waals surface area (Å²) in [6, 6.07) is 0. The van der Waals surface area contributed by atoms with Crippen LogP contribution in [0.15, 0.2) is 0 Å². The van der Waals surface area contributed by atoms with Gasteiger partial charge in [-0.05, 0) is 5.41 Å². The van der Waals surface area contributed by atoms with Crippen molar-refractivity contribution < 1.29 is 19.8 Å². The Hall–Kier alpha value is -1.10. The normalized spacial score (nSPS) is 12.3. The zero-order valence-corrected chi connectivity index (χ0v) is 11.0. The van der Waals surface area contributed by atoms with Gasteiger partial charge in [0.25, 0.3) is 0 Å². The number of carboxylic acid groups (broad SMARTS) is 1. The number of carbonyl (C=O) groups is 2. The van der Waals surface area contributed by atoms with E-state index in [1.165, 1.54) is 0 Å². The molecule has 0 bridgehead atoms. The Labute approximate surface area is 102 Å². The molecule has 0 aliphatic heterocycles. The summed E-state index contributed by atoms with van der Waals surface area (Å²) in [6.45, 7) is 7.55. The topological polar surface area (TPSA) is 86.6 Å². The quantitative estimate of drug-likeness (QED) is 0.625. The molecule has 0 atom stereocenters. The predicted molar refractivity (Wildman–Crippen MR) is 64.5 cm³/mol. The van der Waals surface area contributed by atoms with Gasteiger partial charge in [-0.2, -0.15) is 0 Å². The fourth-order valence-corrected chi connectivity index (χ4v) is 1.36. The van der Waals surface area contributed by atoms with Gasteiger partial charge in [0.2, 0.25) is 5.91 Å². The van der Waals surface area contributed by atoms with Crippen molar-refractivity contribution in [2.45, 2.75) is 40.5 Å². The maximum Gasteiger partial charge on any atom is 0.303 e. The van der Waals surface area contributed by atoms with Crippen LogP contribution in [0.25, 0.3) is 0 Å². The molecule has 0 rings (SSSR count). The first-order valence-corrected chi connectivity index (χ1v) is 5.67. The monoisotopic (exact) mass is 245 g/mol. The smallest absolute Gasteiger partial charge is 0.303 e. The summed E-state index contributed by atoms with van der Waals surface area (Å²) in [6.07, 6.45) is 0.130. The lowest BCUT2D eigenvalue weighted by atomic mass is 9.85. The van der Waals surface area contributed by atoms with E-state index in [-0.39, 0.29) is 30.8 Å². The fraction of sp³-hybridized carbons (Fsp3) is 0.833. The molecule has 0 spiro atoms. The minimum absolute atomic E-state index is 0.00814.